The zero-order valence-electron chi connectivity index (χ0n) is 9.41. The number of carboxylic acids is 2. The minimum Gasteiger partial charge on any atom is -0.480 e. The van der Waals surface area contributed by atoms with Crippen LogP contribution in [0.2, 0.25) is 5.02 Å². The van der Waals surface area contributed by atoms with Crippen LogP contribution in [0.4, 0.5) is 0 Å². The molecule has 1 aromatic carbocycles. The lowest BCUT2D eigenvalue weighted by Gasteiger charge is -2.24. The van der Waals surface area contributed by atoms with Gasteiger partial charge in [-0.05, 0) is 17.7 Å². The standard InChI is InChI=1S/C11H13ClN2O4/c12-8-3-1-7(2-4-8)5-14(6-9(15)16)10(13)11(17)18/h1-4,10H,5-6,13H2,(H,15,16)(H,17,18). The number of hydrogen-bond acceptors (Lipinski definition) is 4. The summed E-state index contributed by atoms with van der Waals surface area (Å²) in [5.41, 5.74) is 6.16. The Labute approximate surface area is 109 Å². The van der Waals surface area contributed by atoms with E-state index >= 15 is 0 Å². The van der Waals surface area contributed by atoms with Crippen molar-refractivity contribution in [3.63, 3.8) is 0 Å². The quantitative estimate of drug-likeness (QED) is 0.655. The number of nitrogens with two attached hydrogens (primary N) is 1. The molecule has 0 aliphatic rings. The van der Waals surface area contributed by atoms with E-state index in [4.69, 9.17) is 27.5 Å². The van der Waals surface area contributed by atoms with Gasteiger partial charge in [0, 0.05) is 11.6 Å². The van der Waals surface area contributed by atoms with Crippen LogP contribution >= 0.6 is 11.6 Å². The molecular formula is C11H13ClN2O4. The van der Waals surface area contributed by atoms with Gasteiger partial charge in [-0.2, -0.15) is 0 Å². The fourth-order valence-electron chi connectivity index (χ4n) is 1.41. The smallest absolute Gasteiger partial charge is 0.335 e. The normalized spacial score (nSPS) is 12.4. The topological polar surface area (TPSA) is 104 Å². The minimum absolute atomic E-state index is 0.122. The molecular weight excluding hydrogens is 260 g/mol. The van der Waals surface area contributed by atoms with Crippen molar-refractivity contribution < 1.29 is 19.8 Å². The van der Waals surface area contributed by atoms with E-state index in [0.29, 0.717) is 5.02 Å². The van der Waals surface area contributed by atoms with Gasteiger partial charge in [0.15, 0.2) is 6.17 Å². The van der Waals surface area contributed by atoms with Crippen molar-refractivity contribution in [3.05, 3.63) is 34.9 Å². The van der Waals surface area contributed by atoms with E-state index in [0.717, 1.165) is 10.5 Å². The number of benzene rings is 1. The molecule has 98 valence electrons. The largest absolute Gasteiger partial charge is 0.480 e. The maximum atomic E-state index is 10.8. The molecule has 1 unspecified atom stereocenters. The Hall–Kier alpha value is -1.63. The molecule has 1 atom stereocenters. The first kappa shape index (κ1) is 14.4. The second kappa shape index (κ2) is 6.34. The van der Waals surface area contributed by atoms with E-state index in [2.05, 4.69) is 0 Å². The molecule has 0 aromatic heterocycles. The van der Waals surface area contributed by atoms with Crippen LogP contribution in [-0.2, 0) is 16.1 Å². The SMILES string of the molecule is NC(C(=O)O)N(CC(=O)O)Cc1ccc(Cl)cc1. The first-order valence-corrected chi connectivity index (χ1v) is 5.46. The van der Waals surface area contributed by atoms with Crippen LogP contribution in [0.1, 0.15) is 5.56 Å². The summed E-state index contributed by atoms with van der Waals surface area (Å²) < 4.78 is 0. The summed E-state index contributed by atoms with van der Waals surface area (Å²) in [5.74, 6) is -2.41. The summed E-state index contributed by atoms with van der Waals surface area (Å²) in [4.78, 5) is 22.6. The van der Waals surface area contributed by atoms with Crippen LogP contribution in [-0.4, -0.2) is 39.8 Å². The molecule has 0 bridgehead atoms. The highest BCUT2D eigenvalue weighted by atomic mass is 35.5. The lowest BCUT2D eigenvalue weighted by molar-refractivity contribution is -0.146. The Bertz CT molecular complexity index is 435. The first-order chi connectivity index (χ1) is 8.40. The van der Waals surface area contributed by atoms with Crippen LogP contribution < -0.4 is 5.73 Å². The van der Waals surface area contributed by atoms with Gasteiger partial charge in [-0.1, -0.05) is 23.7 Å². The van der Waals surface area contributed by atoms with Crippen LogP contribution in [0.25, 0.3) is 0 Å². The molecule has 4 N–H and O–H groups in total. The highest BCUT2D eigenvalue weighted by molar-refractivity contribution is 6.30. The second-order valence-electron chi connectivity index (χ2n) is 3.71. The third-order valence-electron chi connectivity index (χ3n) is 2.28. The monoisotopic (exact) mass is 272 g/mol. The van der Waals surface area contributed by atoms with Crippen molar-refractivity contribution >= 4 is 23.5 Å². The number of nitrogens with zero attached hydrogens (tertiary/aromatic N) is 1. The third kappa shape index (κ3) is 4.33. The van der Waals surface area contributed by atoms with Crippen molar-refractivity contribution in [2.45, 2.75) is 12.7 Å². The third-order valence-corrected chi connectivity index (χ3v) is 2.54. The van der Waals surface area contributed by atoms with Crippen LogP contribution in [0, 0.1) is 0 Å². The van der Waals surface area contributed by atoms with Gasteiger partial charge in [-0.3, -0.25) is 9.69 Å². The Morgan fingerprint density at radius 3 is 2.28 bits per heavy atom. The Morgan fingerprint density at radius 2 is 1.83 bits per heavy atom. The van der Waals surface area contributed by atoms with Crippen LogP contribution in [0.3, 0.4) is 0 Å². The van der Waals surface area contributed by atoms with E-state index in [1.807, 2.05) is 0 Å². The number of rotatable bonds is 6. The highest BCUT2D eigenvalue weighted by Crippen LogP contribution is 2.12. The molecule has 0 aliphatic carbocycles. The fraction of sp³-hybridized carbons (Fsp3) is 0.273. The molecule has 0 fully saturated rings. The van der Waals surface area contributed by atoms with E-state index in [1.54, 1.807) is 24.3 Å². The second-order valence-corrected chi connectivity index (χ2v) is 4.14. The zero-order chi connectivity index (χ0) is 13.7. The van der Waals surface area contributed by atoms with E-state index in [1.165, 1.54) is 0 Å². The molecule has 6 nitrogen and oxygen atoms in total. The van der Waals surface area contributed by atoms with Crippen molar-refractivity contribution in [3.8, 4) is 0 Å². The summed E-state index contributed by atoms with van der Waals surface area (Å²) in [7, 11) is 0. The molecule has 0 saturated heterocycles. The van der Waals surface area contributed by atoms with Gasteiger partial charge < -0.3 is 15.9 Å². The first-order valence-electron chi connectivity index (χ1n) is 5.09. The lowest BCUT2D eigenvalue weighted by atomic mass is 10.2. The maximum absolute atomic E-state index is 10.8. The Balaban J connectivity index is 2.80. The molecule has 18 heavy (non-hydrogen) atoms. The molecule has 7 heteroatoms. The van der Waals surface area contributed by atoms with Crippen LogP contribution in [0.15, 0.2) is 24.3 Å². The van der Waals surface area contributed by atoms with Crippen molar-refractivity contribution in [2.24, 2.45) is 5.73 Å². The molecule has 0 spiro atoms. The molecule has 1 aromatic rings. The zero-order valence-corrected chi connectivity index (χ0v) is 10.2. The number of carboxylic acid groups (broad SMARTS) is 2. The van der Waals surface area contributed by atoms with Gasteiger partial charge in [0.25, 0.3) is 0 Å². The summed E-state index contributed by atoms with van der Waals surface area (Å²) in [6.07, 6.45) is -1.36. The van der Waals surface area contributed by atoms with Crippen LogP contribution in [0.5, 0.6) is 0 Å². The minimum atomic E-state index is -1.36. The highest BCUT2D eigenvalue weighted by Gasteiger charge is 2.23. The van der Waals surface area contributed by atoms with Crippen molar-refractivity contribution in [1.29, 1.82) is 0 Å². The van der Waals surface area contributed by atoms with Gasteiger partial charge in [0.2, 0.25) is 0 Å². The van der Waals surface area contributed by atoms with Crippen molar-refractivity contribution in [1.82, 2.24) is 4.90 Å². The molecule has 1 rings (SSSR count). The average molecular weight is 273 g/mol. The lowest BCUT2D eigenvalue weighted by Crippen LogP contribution is -2.49. The molecule has 0 aliphatic heterocycles. The molecule has 0 saturated carbocycles. The number of halogens is 1. The fourth-order valence-corrected chi connectivity index (χ4v) is 1.53. The number of hydrogen-bond donors (Lipinski definition) is 3. The van der Waals surface area contributed by atoms with Gasteiger partial charge >= 0.3 is 11.9 Å². The van der Waals surface area contributed by atoms with Gasteiger partial charge in [-0.15, -0.1) is 0 Å². The van der Waals surface area contributed by atoms with Gasteiger partial charge in [0.1, 0.15) is 0 Å². The Kier molecular flexibility index (Phi) is 5.08. The summed E-state index contributed by atoms with van der Waals surface area (Å²) >= 11 is 5.72. The van der Waals surface area contributed by atoms with Gasteiger partial charge in [-0.25, -0.2) is 4.79 Å². The summed E-state index contributed by atoms with van der Waals surface area (Å²) in [6.45, 7) is -0.326. The van der Waals surface area contributed by atoms with Crippen molar-refractivity contribution in [2.75, 3.05) is 6.54 Å². The maximum Gasteiger partial charge on any atom is 0.335 e. The predicted molar refractivity (Wildman–Crippen MR) is 65.1 cm³/mol. The van der Waals surface area contributed by atoms with E-state index in [-0.39, 0.29) is 6.54 Å². The van der Waals surface area contributed by atoms with E-state index < -0.39 is 24.6 Å². The summed E-state index contributed by atoms with van der Waals surface area (Å²) in [6, 6.07) is 6.65. The Morgan fingerprint density at radius 1 is 1.28 bits per heavy atom. The molecule has 0 amide bonds. The summed E-state index contributed by atoms with van der Waals surface area (Å²) in [5, 5.41) is 18.1. The predicted octanol–water partition coefficient (Wildman–Crippen LogP) is 0.596. The molecule has 0 radical (unpaired) electrons. The number of carbonyl (C=O) groups is 2. The van der Waals surface area contributed by atoms with Gasteiger partial charge in [0.05, 0.1) is 6.54 Å². The van der Waals surface area contributed by atoms with E-state index in [9.17, 15) is 9.59 Å². The molecule has 0 heterocycles. The average Bonchev–Trinajstić information content (AvgIpc) is 2.29. The number of aliphatic carboxylic acids is 2.